The molecule has 53 heavy (non-hydrogen) atoms. The molecule has 0 fully saturated rings. The van der Waals surface area contributed by atoms with Crippen LogP contribution in [0.2, 0.25) is 0 Å². The minimum atomic E-state index is -5.54. The van der Waals surface area contributed by atoms with Crippen LogP contribution in [0.25, 0.3) is 0 Å². The average Bonchev–Trinajstić information content (AvgIpc) is 3.21. The van der Waals surface area contributed by atoms with Crippen LogP contribution in [0.4, 0.5) is 17.1 Å². The van der Waals surface area contributed by atoms with Crippen molar-refractivity contribution >= 4 is 46.9 Å². The third-order valence-electron chi connectivity index (χ3n) is 10.2. The zero-order valence-corrected chi connectivity index (χ0v) is 30.1. The van der Waals surface area contributed by atoms with Gasteiger partial charge in [-0.2, -0.15) is 0 Å². The van der Waals surface area contributed by atoms with Gasteiger partial charge in [-0.25, -0.2) is 0 Å². The van der Waals surface area contributed by atoms with E-state index in [1.807, 2.05) is 72.8 Å². The number of nitro benzene ring substituents is 3. The van der Waals surface area contributed by atoms with Crippen molar-refractivity contribution in [2.24, 2.45) is 0 Å². The molecule has 0 aromatic heterocycles. The number of rotatable bonds is 11. The molecule has 0 aliphatic carbocycles. The molecule has 7 rings (SSSR count). The monoisotopic (exact) mass is 761 g/mol. The molecule has 0 saturated carbocycles. The Labute approximate surface area is 305 Å². The van der Waals surface area contributed by atoms with Crippen LogP contribution in [0.3, 0.4) is 0 Å². The number of hydrogen-bond donors (Lipinski definition) is 0. The van der Waals surface area contributed by atoms with Crippen LogP contribution in [0.5, 0.6) is 0 Å². The summed E-state index contributed by atoms with van der Waals surface area (Å²) in [6.45, 7) is 0. The van der Waals surface area contributed by atoms with Gasteiger partial charge in [0.1, 0.15) is 0 Å². The number of non-ortho nitro benzene ring substituents is 3. The Balaban J connectivity index is 1.91. The van der Waals surface area contributed by atoms with Crippen molar-refractivity contribution in [3.8, 4) is 0 Å². The Morgan fingerprint density at radius 3 is 0.717 bits per heavy atom. The normalized spacial score (nSPS) is 12.3. The predicted octanol–water partition coefficient (Wildman–Crippen LogP) is 7.32. The van der Waals surface area contributed by atoms with Gasteiger partial charge in [-0.15, -0.1) is 0 Å². The SMILES string of the molecule is O=[N+]([O-])c1ccc(C(c2ccc([N+](=O)[O-])cc2)(c2ccc([N+](=O)[O-])cc2)[As](c2ccccc2)(c2ccccc2)(c2ccccc2)c2ccccc2)cc1. The predicted molar refractivity (Wildman–Crippen MR) is 209 cm³/mol. The van der Waals surface area contributed by atoms with Crippen molar-refractivity contribution in [1.82, 2.24) is 0 Å². The third kappa shape index (κ3) is 5.08. The molecule has 0 amide bonds. The van der Waals surface area contributed by atoms with Crippen LogP contribution in [-0.2, 0) is 4.20 Å². The van der Waals surface area contributed by atoms with E-state index in [1.54, 1.807) is 36.4 Å². The standard InChI is InChI=1S/C43H32AsN3O6/c48-45(49)40-27-21-33(22-28-40)43(34-23-29-41(30-24-34)46(50)51,35-25-31-42(32-26-35)47(52)53)44(36-13-5-1-6-14-36,37-15-7-2-8-16-37,38-17-9-3-10-18-38)39-19-11-4-12-20-39/h1-32H. The van der Waals surface area contributed by atoms with E-state index in [9.17, 15) is 30.3 Å². The Morgan fingerprint density at radius 1 is 0.321 bits per heavy atom. The second kappa shape index (κ2) is 13.8. The van der Waals surface area contributed by atoms with Gasteiger partial charge in [-0.1, -0.05) is 0 Å². The molecule has 0 N–H and O–H groups in total. The summed E-state index contributed by atoms with van der Waals surface area (Å²) in [5.74, 6) is 0. The summed E-state index contributed by atoms with van der Waals surface area (Å²) in [6.07, 6.45) is 0. The fourth-order valence-electron chi connectivity index (χ4n) is 8.32. The molecule has 0 bridgehead atoms. The fraction of sp³-hybridized carbons (Fsp3) is 0.0233. The van der Waals surface area contributed by atoms with Gasteiger partial charge < -0.3 is 0 Å². The van der Waals surface area contributed by atoms with E-state index in [-0.39, 0.29) is 17.1 Å². The van der Waals surface area contributed by atoms with Crippen molar-refractivity contribution < 1.29 is 14.8 Å². The zero-order valence-electron chi connectivity index (χ0n) is 28.2. The second-order valence-corrected chi connectivity index (χ2v) is 23.0. The van der Waals surface area contributed by atoms with Crippen LogP contribution < -0.4 is 17.4 Å². The Bertz CT molecular complexity index is 2100. The quantitative estimate of drug-likeness (QED) is 0.0588. The van der Waals surface area contributed by atoms with Gasteiger partial charge in [0.2, 0.25) is 0 Å². The van der Waals surface area contributed by atoms with Gasteiger partial charge in [-0.3, -0.25) is 0 Å². The molecule has 0 unspecified atom stereocenters. The summed E-state index contributed by atoms with van der Waals surface area (Å²) < 4.78 is 2.56. The molecule has 0 aliphatic heterocycles. The van der Waals surface area contributed by atoms with E-state index in [0.29, 0.717) is 16.7 Å². The molecule has 0 saturated heterocycles. The van der Waals surface area contributed by atoms with Crippen LogP contribution >= 0.6 is 0 Å². The maximum atomic E-state index is 12.1. The van der Waals surface area contributed by atoms with Crippen molar-refractivity contribution in [2.75, 3.05) is 0 Å². The van der Waals surface area contributed by atoms with E-state index >= 15 is 0 Å². The van der Waals surface area contributed by atoms with Gasteiger partial charge in [-0.05, 0) is 0 Å². The topological polar surface area (TPSA) is 129 Å². The molecule has 0 atom stereocenters. The summed E-state index contributed by atoms with van der Waals surface area (Å²) in [4.78, 5) is 35.1. The fourth-order valence-corrected chi connectivity index (χ4v) is 26.0. The van der Waals surface area contributed by atoms with Gasteiger partial charge >= 0.3 is 307 Å². The number of hydrogen-bond acceptors (Lipinski definition) is 6. The van der Waals surface area contributed by atoms with Crippen LogP contribution in [-0.4, -0.2) is 27.2 Å². The summed E-state index contributed by atoms with van der Waals surface area (Å²) in [5.41, 5.74) is 1.66. The molecular weight excluding hydrogens is 729 g/mol. The average molecular weight is 762 g/mol. The van der Waals surface area contributed by atoms with Crippen LogP contribution in [0.15, 0.2) is 194 Å². The van der Waals surface area contributed by atoms with Crippen molar-refractivity contribution in [3.63, 3.8) is 0 Å². The molecule has 7 aromatic rings. The van der Waals surface area contributed by atoms with Crippen LogP contribution in [0.1, 0.15) is 16.7 Å². The first-order valence-electron chi connectivity index (χ1n) is 16.7. The first-order chi connectivity index (χ1) is 25.8. The van der Waals surface area contributed by atoms with E-state index in [2.05, 4.69) is 48.5 Å². The van der Waals surface area contributed by atoms with E-state index in [0.717, 1.165) is 17.4 Å². The second-order valence-electron chi connectivity index (χ2n) is 12.6. The van der Waals surface area contributed by atoms with E-state index < -0.39 is 31.4 Å². The van der Waals surface area contributed by atoms with Crippen molar-refractivity contribution in [2.45, 2.75) is 4.20 Å². The minimum absolute atomic E-state index is 0.111. The van der Waals surface area contributed by atoms with Gasteiger partial charge in [0.25, 0.3) is 0 Å². The molecule has 260 valence electrons. The Kier molecular flexibility index (Phi) is 9.03. The molecule has 0 heterocycles. The maximum absolute atomic E-state index is 12.1. The van der Waals surface area contributed by atoms with E-state index in [1.165, 1.54) is 36.4 Å². The summed E-state index contributed by atoms with van der Waals surface area (Å²) >= 11 is -5.54. The van der Waals surface area contributed by atoms with E-state index in [4.69, 9.17) is 0 Å². The Hall–Kier alpha value is -6.70. The Morgan fingerprint density at radius 2 is 0.528 bits per heavy atom. The molecule has 0 radical (unpaired) electrons. The van der Waals surface area contributed by atoms with Gasteiger partial charge in [0.05, 0.1) is 0 Å². The zero-order chi connectivity index (χ0) is 37.1. The number of nitrogens with zero attached hydrogens (tertiary/aromatic N) is 3. The van der Waals surface area contributed by atoms with Crippen LogP contribution in [0, 0.1) is 30.3 Å². The molecule has 0 aliphatic rings. The summed E-state index contributed by atoms with van der Waals surface area (Å²) in [7, 11) is 0. The summed E-state index contributed by atoms with van der Waals surface area (Å²) in [6, 6.07) is 60.2. The molecule has 9 nitrogen and oxygen atoms in total. The van der Waals surface area contributed by atoms with Crippen molar-refractivity contribution in [3.05, 3.63) is 241 Å². The number of benzene rings is 7. The first kappa shape index (κ1) is 34.7. The van der Waals surface area contributed by atoms with Gasteiger partial charge in [0.15, 0.2) is 0 Å². The third-order valence-corrected chi connectivity index (χ3v) is 25.9. The molecular formula is C43H32AsN3O6. The first-order valence-corrected chi connectivity index (χ1v) is 21.4. The van der Waals surface area contributed by atoms with Crippen molar-refractivity contribution in [1.29, 1.82) is 0 Å². The number of nitro groups is 3. The van der Waals surface area contributed by atoms with Gasteiger partial charge in [0, 0.05) is 0 Å². The molecule has 7 aromatic carbocycles. The molecule has 10 heteroatoms. The summed E-state index contributed by atoms with van der Waals surface area (Å²) in [5, 5.41) is 36.4. The molecule has 0 spiro atoms.